The van der Waals surface area contributed by atoms with E-state index in [2.05, 4.69) is 37.4 Å². The lowest BCUT2D eigenvalue weighted by Crippen LogP contribution is -2.40. The first kappa shape index (κ1) is 16.8. The van der Waals surface area contributed by atoms with Crippen LogP contribution < -0.4 is 5.32 Å². The van der Waals surface area contributed by atoms with Gasteiger partial charge in [-0.25, -0.2) is 0 Å². The zero-order chi connectivity index (χ0) is 17.5. The van der Waals surface area contributed by atoms with Crippen molar-refractivity contribution in [1.29, 1.82) is 0 Å². The monoisotopic (exact) mass is 343 g/mol. The van der Waals surface area contributed by atoms with E-state index in [9.17, 15) is 4.79 Å². The second kappa shape index (κ2) is 6.14. The largest absolute Gasteiger partial charge is 0.457 e. The number of esters is 1. The molecule has 0 aliphatic carbocycles. The smallest absolute Gasteiger partial charge is 0.303 e. The van der Waals surface area contributed by atoms with Crippen LogP contribution >= 0.6 is 11.6 Å². The molecule has 0 amide bonds. The van der Waals surface area contributed by atoms with E-state index in [0.29, 0.717) is 5.02 Å². The van der Waals surface area contributed by atoms with E-state index in [1.807, 2.05) is 31.2 Å². The first-order valence-corrected chi connectivity index (χ1v) is 8.46. The molecule has 0 saturated carbocycles. The molecule has 0 radical (unpaired) electrons. The standard InChI is InChI=1S/C20H22ClNO2/c1-12-5-10-17-16(11-12)19(24-13(2)23)20(3,4)18(22-17)14-6-8-15(21)9-7-14/h5-11,18-19,22H,1-4H3/t18-,19+/m1/s1. The van der Waals surface area contributed by atoms with E-state index >= 15 is 0 Å². The van der Waals surface area contributed by atoms with Gasteiger partial charge in [0.1, 0.15) is 6.10 Å². The number of nitrogens with one attached hydrogen (secondary N) is 1. The van der Waals surface area contributed by atoms with Gasteiger partial charge in [-0.1, -0.05) is 55.3 Å². The highest BCUT2D eigenvalue weighted by Gasteiger charge is 2.46. The molecule has 0 aromatic heterocycles. The summed E-state index contributed by atoms with van der Waals surface area (Å²) in [5, 5.41) is 4.33. The van der Waals surface area contributed by atoms with Crippen molar-refractivity contribution >= 4 is 23.3 Å². The molecule has 3 rings (SSSR count). The number of carbonyl (C=O) groups is 1. The second-order valence-corrected chi connectivity index (χ2v) is 7.47. The van der Waals surface area contributed by atoms with Crippen molar-refractivity contribution in [3.63, 3.8) is 0 Å². The molecule has 24 heavy (non-hydrogen) atoms. The molecule has 1 heterocycles. The van der Waals surface area contributed by atoms with Gasteiger partial charge in [-0.2, -0.15) is 0 Å². The van der Waals surface area contributed by atoms with Crippen molar-refractivity contribution in [3.05, 3.63) is 64.2 Å². The summed E-state index contributed by atoms with van der Waals surface area (Å²) in [4.78, 5) is 11.7. The van der Waals surface area contributed by atoms with Crippen molar-refractivity contribution < 1.29 is 9.53 Å². The van der Waals surface area contributed by atoms with Crippen LogP contribution in [-0.4, -0.2) is 5.97 Å². The highest BCUT2D eigenvalue weighted by atomic mass is 35.5. The normalized spacial score (nSPS) is 21.5. The van der Waals surface area contributed by atoms with Crippen molar-refractivity contribution in [2.24, 2.45) is 5.41 Å². The maximum Gasteiger partial charge on any atom is 0.303 e. The van der Waals surface area contributed by atoms with Crippen LogP contribution in [0.5, 0.6) is 0 Å². The quantitative estimate of drug-likeness (QED) is 0.737. The minimum Gasteiger partial charge on any atom is -0.457 e. The van der Waals surface area contributed by atoms with Crippen molar-refractivity contribution in [2.45, 2.75) is 39.8 Å². The molecule has 3 nitrogen and oxygen atoms in total. The van der Waals surface area contributed by atoms with Crippen LogP contribution in [0.25, 0.3) is 0 Å². The molecule has 2 atom stereocenters. The summed E-state index contributed by atoms with van der Waals surface area (Å²) in [6.45, 7) is 7.75. The summed E-state index contributed by atoms with van der Waals surface area (Å²) >= 11 is 6.03. The van der Waals surface area contributed by atoms with Crippen molar-refractivity contribution in [2.75, 3.05) is 5.32 Å². The van der Waals surface area contributed by atoms with Crippen LogP contribution in [0.3, 0.4) is 0 Å². The summed E-state index contributed by atoms with van der Waals surface area (Å²) in [7, 11) is 0. The molecule has 126 valence electrons. The number of anilines is 1. The van der Waals surface area contributed by atoms with Gasteiger partial charge in [0.15, 0.2) is 0 Å². The Morgan fingerprint density at radius 1 is 1.17 bits per heavy atom. The van der Waals surface area contributed by atoms with Crippen molar-refractivity contribution in [3.8, 4) is 0 Å². The second-order valence-electron chi connectivity index (χ2n) is 7.03. The van der Waals surface area contributed by atoms with E-state index in [0.717, 1.165) is 22.4 Å². The highest BCUT2D eigenvalue weighted by Crippen LogP contribution is 2.53. The molecule has 0 spiro atoms. The first-order valence-electron chi connectivity index (χ1n) is 8.09. The molecular weight excluding hydrogens is 322 g/mol. The average molecular weight is 344 g/mol. The lowest BCUT2D eigenvalue weighted by molar-refractivity contribution is -0.154. The summed E-state index contributed by atoms with van der Waals surface area (Å²) in [5.74, 6) is -0.266. The molecule has 0 fully saturated rings. The van der Waals surface area contributed by atoms with Gasteiger partial charge in [-0.05, 0) is 30.7 Å². The Kier molecular flexibility index (Phi) is 4.31. The Morgan fingerprint density at radius 3 is 2.46 bits per heavy atom. The maximum absolute atomic E-state index is 11.7. The molecule has 0 unspecified atom stereocenters. The van der Waals surface area contributed by atoms with E-state index < -0.39 is 0 Å². The van der Waals surface area contributed by atoms with Gasteiger partial charge >= 0.3 is 5.97 Å². The Labute approximate surface area is 148 Å². The fourth-order valence-electron chi connectivity index (χ4n) is 3.47. The van der Waals surface area contributed by atoms with Crippen LogP contribution in [0.15, 0.2) is 42.5 Å². The number of carbonyl (C=O) groups excluding carboxylic acids is 1. The molecule has 2 aromatic rings. The third-order valence-electron chi connectivity index (χ3n) is 4.70. The van der Waals surface area contributed by atoms with Crippen LogP contribution in [-0.2, 0) is 9.53 Å². The molecule has 0 bridgehead atoms. The SMILES string of the molecule is CC(=O)O[C@H]1c2cc(C)ccc2N[C@H](c2ccc(Cl)cc2)C1(C)C. The molecule has 2 aromatic carbocycles. The maximum atomic E-state index is 11.7. The van der Waals surface area contributed by atoms with Gasteiger partial charge in [-0.15, -0.1) is 0 Å². The van der Waals surface area contributed by atoms with E-state index in [4.69, 9.17) is 16.3 Å². The van der Waals surface area contributed by atoms with Gasteiger partial charge in [-0.3, -0.25) is 4.79 Å². The average Bonchev–Trinajstić information content (AvgIpc) is 2.51. The summed E-state index contributed by atoms with van der Waals surface area (Å²) in [5.41, 5.74) is 3.98. The zero-order valence-corrected chi connectivity index (χ0v) is 15.1. The van der Waals surface area contributed by atoms with Crippen LogP contribution in [0, 0.1) is 12.3 Å². The van der Waals surface area contributed by atoms with Crippen LogP contribution in [0.4, 0.5) is 5.69 Å². The number of ether oxygens (including phenoxy) is 1. The number of rotatable bonds is 2. The van der Waals surface area contributed by atoms with Gasteiger partial charge in [0.05, 0.1) is 6.04 Å². The predicted molar refractivity (Wildman–Crippen MR) is 97.3 cm³/mol. The third-order valence-corrected chi connectivity index (χ3v) is 4.95. The number of benzene rings is 2. The van der Waals surface area contributed by atoms with Gasteiger partial charge in [0.25, 0.3) is 0 Å². The topological polar surface area (TPSA) is 38.3 Å². The zero-order valence-electron chi connectivity index (χ0n) is 14.4. The lowest BCUT2D eigenvalue weighted by Gasteiger charge is -2.46. The summed E-state index contributed by atoms with van der Waals surface area (Å²) in [6.07, 6.45) is -0.313. The first-order chi connectivity index (χ1) is 11.3. The van der Waals surface area contributed by atoms with Gasteiger partial charge < -0.3 is 10.1 Å². The summed E-state index contributed by atoms with van der Waals surface area (Å²) < 4.78 is 5.76. The van der Waals surface area contributed by atoms with Crippen LogP contribution in [0.1, 0.15) is 49.6 Å². The fraction of sp³-hybridized carbons (Fsp3) is 0.350. The predicted octanol–water partition coefficient (Wildman–Crippen LogP) is 5.45. The Hall–Kier alpha value is -2.00. The Balaban J connectivity index is 2.11. The lowest BCUT2D eigenvalue weighted by atomic mass is 9.70. The number of fused-ring (bicyclic) bond motifs is 1. The number of hydrogen-bond donors (Lipinski definition) is 1. The molecule has 1 aliphatic rings. The molecule has 1 N–H and O–H groups in total. The van der Waals surface area contributed by atoms with Crippen LogP contribution in [0.2, 0.25) is 5.02 Å². The number of aryl methyl sites for hydroxylation is 1. The number of hydrogen-bond acceptors (Lipinski definition) is 3. The Bertz CT molecular complexity index is 768. The van der Waals surface area contributed by atoms with Crippen molar-refractivity contribution in [1.82, 2.24) is 0 Å². The van der Waals surface area contributed by atoms with Gasteiger partial charge in [0, 0.05) is 28.6 Å². The Morgan fingerprint density at radius 2 is 1.83 bits per heavy atom. The minimum atomic E-state index is -0.319. The van der Waals surface area contributed by atoms with E-state index in [-0.39, 0.29) is 23.5 Å². The summed E-state index contributed by atoms with van der Waals surface area (Å²) in [6, 6.07) is 14.0. The molecule has 4 heteroatoms. The third kappa shape index (κ3) is 3.01. The number of halogens is 1. The fourth-order valence-corrected chi connectivity index (χ4v) is 3.60. The molecular formula is C20H22ClNO2. The van der Waals surface area contributed by atoms with E-state index in [1.54, 1.807) is 0 Å². The molecule has 1 aliphatic heterocycles. The minimum absolute atomic E-state index is 0.00863. The van der Waals surface area contributed by atoms with E-state index in [1.165, 1.54) is 6.92 Å². The van der Waals surface area contributed by atoms with Gasteiger partial charge in [0.2, 0.25) is 0 Å². The molecule has 0 saturated heterocycles. The highest BCUT2D eigenvalue weighted by molar-refractivity contribution is 6.30.